The van der Waals surface area contributed by atoms with Crippen LogP contribution in [0.4, 0.5) is 23.4 Å². The average molecular weight is 302 g/mol. The monoisotopic (exact) mass is 302 g/mol. The van der Waals surface area contributed by atoms with Crippen molar-refractivity contribution < 1.29 is 17.6 Å². The molecule has 1 aliphatic carbocycles. The van der Waals surface area contributed by atoms with Gasteiger partial charge in [0.25, 0.3) is 0 Å². The summed E-state index contributed by atoms with van der Waals surface area (Å²) in [5.74, 6) is 0.715. The highest BCUT2D eigenvalue weighted by Gasteiger charge is 2.33. The smallest absolute Gasteiger partial charge is 0.354 e. The summed E-state index contributed by atoms with van der Waals surface area (Å²) in [6.07, 6.45) is 2.01. The SMILES string of the molecule is Fc1cc(C(F)(F)F)cnc1N1CCC(CC2CC2)CC1. The largest absolute Gasteiger partial charge is 0.417 e. The van der Waals surface area contributed by atoms with Crippen LogP contribution in [0.15, 0.2) is 12.3 Å². The fourth-order valence-electron chi connectivity index (χ4n) is 3.02. The molecule has 0 radical (unpaired) electrons. The maximum Gasteiger partial charge on any atom is 0.417 e. The summed E-state index contributed by atoms with van der Waals surface area (Å²) in [4.78, 5) is 5.46. The third-order valence-corrected chi connectivity index (χ3v) is 4.43. The van der Waals surface area contributed by atoms with Crippen molar-refractivity contribution in [3.8, 4) is 0 Å². The van der Waals surface area contributed by atoms with E-state index in [1.54, 1.807) is 4.90 Å². The molecule has 116 valence electrons. The second-order valence-electron chi connectivity index (χ2n) is 6.14. The second kappa shape index (κ2) is 5.46. The van der Waals surface area contributed by atoms with E-state index in [1.807, 2.05) is 0 Å². The molecule has 6 heteroatoms. The number of nitrogens with zero attached hydrogens (tertiary/aromatic N) is 2. The molecule has 2 nitrogen and oxygen atoms in total. The Morgan fingerprint density at radius 3 is 2.24 bits per heavy atom. The molecule has 2 fully saturated rings. The maximum absolute atomic E-state index is 13.9. The standard InChI is InChI=1S/C15H18F4N2/c16-13-8-12(15(17,18)19)9-20-14(13)21-5-3-11(4-6-21)7-10-1-2-10/h8-11H,1-7H2. The molecule has 0 spiro atoms. The van der Waals surface area contributed by atoms with Gasteiger partial charge in [-0.05, 0) is 37.2 Å². The predicted octanol–water partition coefficient (Wildman–Crippen LogP) is 4.26. The molecule has 1 aromatic heterocycles. The first-order valence-corrected chi connectivity index (χ1v) is 7.41. The number of hydrogen-bond acceptors (Lipinski definition) is 2. The lowest BCUT2D eigenvalue weighted by atomic mass is 9.91. The summed E-state index contributed by atoms with van der Waals surface area (Å²) >= 11 is 0. The van der Waals surface area contributed by atoms with E-state index in [2.05, 4.69) is 4.98 Å². The quantitative estimate of drug-likeness (QED) is 0.776. The fraction of sp³-hybridized carbons (Fsp3) is 0.667. The van der Waals surface area contributed by atoms with Crippen molar-refractivity contribution in [3.05, 3.63) is 23.6 Å². The molecular formula is C15H18F4N2. The molecule has 21 heavy (non-hydrogen) atoms. The van der Waals surface area contributed by atoms with Gasteiger partial charge in [-0.15, -0.1) is 0 Å². The number of halogens is 4. The number of alkyl halides is 3. The molecule has 2 heterocycles. The molecule has 0 aromatic carbocycles. The zero-order chi connectivity index (χ0) is 15.0. The minimum atomic E-state index is -4.55. The van der Waals surface area contributed by atoms with Gasteiger partial charge in [0.1, 0.15) is 0 Å². The van der Waals surface area contributed by atoms with E-state index in [4.69, 9.17) is 0 Å². The van der Waals surface area contributed by atoms with Crippen molar-refractivity contribution in [1.82, 2.24) is 4.98 Å². The number of anilines is 1. The Labute approximate surface area is 121 Å². The van der Waals surface area contributed by atoms with E-state index >= 15 is 0 Å². The van der Waals surface area contributed by atoms with E-state index in [0.717, 1.165) is 18.8 Å². The van der Waals surface area contributed by atoms with E-state index < -0.39 is 17.6 Å². The lowest BCUT2D eigenvalue weighted by Gasteiger charge is -2.33. The normalized spacial score (nSPS) is 20.9. The Morgan fingerprint density at radius 1 is 1.10 bits per heavy atom. The van der Waals surface area contributed by atoms with Crippen LogP contribution in [0, 0.1) is 17.7 Å². The van der Waals surface area contributed by atoms with E-state index in [0.29, 0.717) is 31.3 Å². The van der Waals surface area contributed by atoms with Crippen LogP contribution in [0.25, 0.3) is 0 Å². The number of hydrogen-bond donors (Lipinski definition) is 0. The van der Waals surface area contributed by atoms with Crippen LogP contribution >= 0.6 is 0 Å². The first-order chi connectivity index (χ1) is 9.93. The van der Waals surface area contributed by atoms with Crippen molar-refractivity contribution in [2.24, 2.45) is 11.8 Å². The lowest BCUT2D eigenvalue weighted by molar-refractivity contribution is -0.138. The summed E-state index contributed by atoms with van der Waals surface area (Å²) in [6, 6.07) is 0.540. The van der Waals surface area contributed by atoms with Crippen LogP contribution in [-0.2, 0) is 6.18 Å². The van der Waals surface area contributed by atoms with Crippen LogP contribution in [0.1, 0.15) is 37.7 Å². The minimum Gasteiger partial charge on any atom is -0.354 e. The van der Waals surface area contributed by atoms with Crippen molar-refractivity contribution >= 4 is 5.82 Å². The Kier molecular flexibility index (Phi) is 3.80. The topological polar surface area (TPSA) is 16.1 Å². The molecular weight excluding hydrogens is 284 g/mol. The molecule has 1 saturated heterocycles. The zero-order valence-electron chi connectivity index (χ0n) is 11.7. The molecule has 1 saturated carbocycles. The molecule has 2 aliphatic rings. The Hall–Kier alpha value is -1.33. The molecule has 3 rings (SSSR count). The van der Waals surface area contributed by atoms with Crippen LogP contribution < -0.4 is 4.90 Å². The Balaban J connectivity index is 1.64. The summed E-state index contributed by atoms with van der Waals surface area (Å²) in [6.45, 7) is 1.35. The van der Waals surface area contributed by atoms with Crippen LogP contribution in [0.2, 0.25) is 0 Å². The summed E-state index contributed by atoms with van der Waals surface area (Å²) < 4.78 is 51.4. The van der Waals surface area contributed by atoms with E-state index in [-0.39, 0.29) is 5.82 Å². The highest BCUT2D eigenvalue weighted by molar-refractivity contribution is 5.42. The zero-order valence-corrected chi connectivity index (χ0v) is 11.7. The molecule has 0 unspecified atom stereocenters. The summed E-state index contributed by atoms with van der Waals surface area (Å²) in [5, 5.41) is 0. The van der Waals surface area contributed by atoms with Crippen molar-refractivity contribution in [3.63, 3.8) is 0 Å². The number of aromatic nitrogens is 1. The highest BCUT2D eigenvalue weighted by atomic mass is 19.4. The number of piperidine rings is 1. The molecule has 1 aromatic rings. The predicted molar refractivity (Wildman–Crippen MR) is 71.5 cm³/mol. The Morgan fingerprint density at radius 2 is 1.71 bits per heavy atom. The van der Waals surface area contributed by atoms with Crippen LogP contribution in [0.5, 0.6) is 0 Å². The van der Waals surface area contributed by atoms with Gasteiger partial charge >= 0.3 is 6.18 Å². The second-order valence-corrected chi connectivity index (χ2v) is 6.14. The van der Waals surface area contributed by atoms with Gasteiger partial charge in [-0.3, -0.25) is 0 Å². The van der Waals surface area contributed by atoms with E-state index in [9.17, 15) is 17.6 Å². The van der Waals surface area contributed by atoms with Crippen molar-refractivity contribution in [2.75, 3.05) is 18.0 Å². The van der Waals surface area contributed by atoms with Crippen molar-refractivity contribution in [1.29, 1.82) is 0 Å². The number of rotatable bonds is 3. The van der Waals surface area contributed by atoms with E-state index in [1.165, 1.54) is 19.3 Å². The molecule has 0 N–H and O–H groups in total. The van der Waals surface area contributed by atoms with Gasteiger partial charge in [-0.1, -0.05) is 12.8 Å². The van der Waals surface area contributed by atoms with Crippen LogP contribution in [0.3, 0.4) is 0 Å². The molecule has 1 aliphatic heterocycles. The Bertz CT molecular complexity index is 503. The summed E-state index contributed by atoms with van der Waals surface area (Å²) in [5.41, 5.74) is -1.03. The summed E-state index contributed by atoms with van der Waals surface area (Å²) in [7, 11) is 0. The maximum atomic E-state index is 13.9. The average Bonchev–Trinajstić information content (AvgIpc) is 3.23. The van der Waals surface area contributed by atoms with Gasteiger partial charge in [0, 0.05) is 19.3 Å². The van der Waals surface area contributed by atoms with Crippen molar-refractivity contribution in [2.45, 2.75) is 38.3 Å². The first-order valence-electron chi connectivity index (χ1n) is 7.41. The van der Waals surface area contributed by atoms with Gasteiger partial charge in [-0.2, -0.15) is 13.2 Å². The van der Waals surface area contributed by atoms with Gasteiger partial charge in [-0.25, -0.2) is 9.37 Å². The third-order valence-electron chi connectivity index (χ3n) is 4.43. The van der Waals surface area contributed by atoms with Gasteiger partial charge < -0.3 is 4.90 Å². The molecule has 0 amide bonds. The first kappa shape index (κ1) is 14.6. The third kappa shape index (κ3) is 3.47. The molecule has 0 bridgehead atoms. The fourth-order valence-corrected chi connectivity index (χ4v) is 3.02. The van der Waals surface area contributed by atoms with Gasteiger partial charge in [0.05, 0.1) is 5.56 Å². The van der Waals surface area contributed by atoms with Gasteiger partial charge in [0.2, 0.25) is 0 Å². The highest BCUT2D eigenvalue weighted by Crippen LogP contribution is 2.39. The van der Waals surface area contributed by atoms with Gasteiger partial charge in [0.15, 0.2) is 11.6 Å². The lowest BCUT2D eigenvalue weighted by Crippen LogP contribution is -2.35. The minimum absolute atomic E-state index is 0.0490. The molecule has 0 atom stereocenters. The van der Waals surface area contributed by atoms with Crippen LogP contribution in [-0.4, -0.2) is 18.1 Å². The number of pyridine rings is 1.